The van der Waals surface area contributed by atoms with Crippen molar-refractivity contribution in [1.29, 1.82) is 0 Å². The Bertz CT molecular complexity index is 2730. The first-order valence-corrected chi connectivity index (χ1v) is 17.2. The number of amidine groups is 2. The molecule has 10 rings (SSSR count). The van der Waals surface area contributed by atoms with E-state index >= 15 is 0 Å². The third kappa shape index (κ3) is 4.98. The second kappa shape index (κ2) is 12.3. The van der Waals surface area contributed by atoms with Crippen molar-refractivity contribution in [1.82, 2.24) is 19.9 Å². The van der Waals surface area contributed by atoms with E-state index in [9.17, 15) is 0 Å². The van der Waals surface area contributed by atoms with Gasteiger partial charge in [-0.15, -0.1) is 0 Å². The largest absolute Gasteiger partial charge is 0.455 e. The summed E-state index contributed by atoms with van der Waals surface area (Å²) in [5.41, 5.74) is 10.3. The number of nitrogens with zero attached hydrogens (tertiary/aromatic N) is 5. The Balaban J connectivity index is 1.12. The minimum Gasteiger partial charge on any atom is -0.455 e. The number of benzene rings is 5. The third-order valence-electron chi connectivity index (χ3n) is 9.69. The molecule has 1 N–H and O–H groups in total. The smallest absolute Gasteiger partial charge is 0.169 e. The van der Waals surface area contributed by atoms with Crippen molar-refractivity contribution >= 4 is 44.4 Å². The topological polar surface area (TPSA) is 80.6 Å². The van der Waals surface area contributed by atoms with Crippen LogP contribution in [-0.2, 0) is 0 Å². The van der Waals surface area contributed by atoms with Gasteiger partial charge in [-0.05, 0) is 65.7 Å². The Morgan fingerprint density at radius 2 is 1.10 bits per heavy atom. The first-order chi connectivity index (χ1) is 25.8. The van der Waals surface area contributed by atoms with Crippen molar-refractivity contribution in [2.24, 2.45) is 9.98 Å². The normalized spacial score (nSPS) is 13.3. The molecule has 0 radical (unpaired) electrons. The Kier molecular flexibility index (Phi) is 7.06. The summed E-state index contributed by atoms with van der Waals surface area (Å²) in [4.78, 5) is 18.5. The van der Waals surface area contributed by atoms with Crippen molar-refractivity contribution in [3.63, 3.8) is 0 Å². The summed E-state index contributed by atoms with van der Waals surface area (Å²) in [6.45, 7) is 0. The Morgan fingerprint density at radius 1 is 0.500 bits per heavy atom. The highest BCUT2D eigenvalue weighted by Crippen LogP contribution is 2.46. The van der Waals surface area contributed by atoms with Gasteiger partial charge < -0.3 is 14.3 Å². The summed E-state index contributed by atoms with van der Waals surface area (Å²) >= 11 is 0. The monoisotopic (exact) mass is 670 g/mol. The van der Waals surface area contributed by atoms with Crippen LogP contribution in [0.25, 0.3) is 60.9 Å². The molecule has 246 valence electrons. The number of aliphatic imine (C=N–C) groups is 2. The highest BCUT2D eigenvalue weighted by Gasteiger charge is 2.24. The number of hydrogen-bond donors (Lipinski definition) is 1. The molecule has 0 unspecified atom stereocenters. The number of aromatic nitrogens is 3. The minimum atomic E-state index is -0.435. The van der Waals surface area contributed by atoms with Crippen LogP contribution in [0.4, 0.5) is 0 Å². The number of para-hydroxylation sites is 1. The Labute approximate surface area is 299 Å². The summed E-state index contributed by atoms with van der Waals surface area (Å²) in [6, 6.07) is 50.3. The van der Waals surface area contributed by atoms with Gasteiger partial charge in [-0.1, -0.05) is 91.0 Å². The molecule has 1 aliphatic rings. The van der Waals surface area contributed by atoms with Crippen LogP contribution < -0.4 is 5.32 Å². The van der Waals surface area contributed by atoms with E-state index in [1.807, 2.05) is 30.3 Å². The van der Waals surface area contributed by atoms with Crippen LogP contribution in [0.3, 0.4) is 0 Å². The fourth-order valence-corrected chi connectivity index (χ4v) is 7.28. The Morgan fingerprint density at radius 3 is 1.75 bits per heavy atom. The molecule has 7 heteroatoms. The molecule has 0 spiro atoms. The van der Waals surface area contributed by atoms with E-state index in [4.69, 9.17) is 14.4 Å². The first kappa shape index (κ1) is 29.8. The molecule has 52 heavy (non-hydrogen) atoms. The number of fused-ring (bicyclic) bond motifs is 5. The second-order valence-electron chi connectivity index (χ2n) is 12.7. The van der Waals surface area contributed by atoms with Crippen LogP contribution in [-0.4, -0.2) is 26.2 Å². The number of rotatable bonds is 6. The van der Waals surface area contributed by atoms with Crippen LogP contribution in [0, 0.1) is 0 Å². The maximum Gasteiger partial charge on any atom is 0.169 e. The molecule has 0 saturated heterocycles. The summed E-state index contributed by atoms with van der Waals surface area (Å²) in [5, 5.41) is 6.75. The summed E-state index contributed by atoms with van der Waals surface area (Å²) in [6.07, 6.45) is 6.65. The van der Waals surface area contributed by atoms with Crippen LogP contribution >= 0.6 is 0 Å². The molecular formula is C45H30N6O. The van der Waals surface area contributed by atoms with Gasteiger partial charge in [0.15, 0.2) is 6.17 Å². The molecule has 0 fully saturated rings. The molecule has 0 aliphatic carbocycles. The molecule has 9 aromatic rings. The molecule has 1 aliphatic heterocycles. The summed E-state index contributed by atoms with van der Waals surface area (Å²) in [7, 11) is 0. The molecule has 5 aromatic carbocycles. The van der Waals surface area contributed by atoms with Gasteiger partial charge in [-0.25, -0.2) is 9.98 Å². The molecule has 7 nitrogen and oxygen atoms in total. The van der Waals surface area contributed by atoms with Crippen molar-refractivity contribution in [2.45, 2.75) is 6.17 Å². The average molecular weight is 671 g/mol. The van der Waals surface area contributed by atoms with Gasteiger partial charge in [0, 0.05) is 63.5 Å². The van der Waals surface area contributed by atoms with Gasteiger partial charge >= 0.3 is 0 Å². The fourth-order valence-electron chi connectivity index (χ4n) is 7.28. The van der Waals surface area contributed by atoms with E-state index in [0.717, 1.165) is 89.3 Å². The van der Waals surface area contributed by atoms with E-state index in [-0.39, 0.29) is 0 Å². The van der Waals surface area contributed by atoms with E-state index < -0.39 is 6.17 Å². The predicted octanol–water partition coefficient (Wildman–Crippen LogP) is 10.1. The van der Waals surface area contributed by atoms with Gasteiger partial charge in [0.1, 0.15) is 23.0 Å². The maximum atomic E-state index is 6.95. The fraction of sp³-hybridized carbons (Fsp3) is 0.0222. The number of furan rings is 1. The summed E-state index contributed by atoms with van der Waals surface area (Å²) in [5.74, 6) is 2.36. The number of hydrogen-bond acceptors (Lipinski definition) is 6. The van der Waals surface area contributed by atoms with Crippen molar-refractivity contribution in [3.05, 3.63) is 187 Å². The highest BCUT2D eigenvalue weighted by atomic mass is 16.3. The SMILES string of the molecule is c1ccc(-c2oc3c(ccc4c3c3ccccc3n4-c3ccc(C4N=C(c5ccncc5)NC(c5ccncc5)=N4)cc3)c2-c2ccccc2)cc1. The zero-order chi connectivity index (χ0) is 34.4. The van der Waals surface area contributed by atoms with E-state index in [2.05, 4.69) is 135 Å². The average Bonchev–Trinajstić information content (AvgIpc) is 3.78. The first-order valence-electron chi connectivity index (χ1n) is 17.2. The predicted molar refractivity (Wildman–Crippen MR) is 209 cm³/mol. The highest BCUT2D eigenvalue weighted by molar-refractivity contribution is 6.22. The molecule has 0 amide bonds. The van der Waals surface area contributed by atoms with E-state index in [1.165, 1.54) is 0 Å². The van der Waals surface area contributed by atoms with E-state index in [1.54, 1.807) is 24.8 Å². The van der Waals surface area contributed by atoms with Gasteiger partial charge in [-0.2, -0.15) is 0 Å². The lowest BCUT2D eigenvalue weighted by molar-refractivity contribution is 0.636. The second-order valence-corrected chi connectivity index (χ2v) is 12.7. The van der Waals surface area contributed by atoms with Crippen LogP contribution in [0.1, 0.15) is 22.9 Å². The van der Waals surface area contributed by atoms with Crippen LogP contribution in [0.2, 0.25) is 0 Å². The molecule has 0 bridgehead atoms. The standard InChI is InChI=1S/C45H30N6O/c1-3-9-29(10-4-1)39-36-19-20-38-40(42(36)52-41(39)30-11-5-2-6-12-30)35-13-7-8-14-37(35)51(38)34-17-15-31(16-18-34)43-48-44(32-21-25-46-26-22-32)50-45(49-43)33-23-27-47-28-24-33/h1-28,43H,(H,48,49,50). The van der Waals surface area contributed by atoms with Crippen molar-refractivity contribution in [3.8, 4) is 28.1 Å². The number of pyridine rings is 2. The quantitative estimate of drug-likeness (QED) is 0.191. The van der Waals surface area contributed by atoms with Crippen molar-refractivity contribution in [2.75, 3.05) is 0 Å². The molecule has 0 atom stereocenters. The lowest BCUT2D eigenvalue weighted by atomic mass is 9.98. The molecule has 5 heterocycles. The van der Waals surface area contributed by atoms with Gasteiger partial charge in [-0.3, -0.25) is 9.97 Å². The zero-order valence-corrected chi connectivity index (χ0v) is 27.9. The van der Waals surface area contributed by atoms with Crippen LogP contribution in [0.15, 0.2) is 185 Å². The lowest BCUT2D eigenvalue weighted by Crippen LogP contribution is -2.36. The minimum absolute atomic E-state index is 0.435. The van der Waals surface area contributed by atoms with Crippen molar-refractivity contribution < 1.29 is 4.42 Å². The van der Waals surface area contributed by atoms with E-state index in [0.29, 0.717) is 0 Å². The zero-order valence-electron chi connectivity index (χ0n) is 27.9. The summed E-state index contributed by atoms with van der Waals surface area (Å²) < 4.78 is 9.27. The molecule has 0 saturated carbocycles. The Hall–Kier alpha value is -7.12. The molecule has 4 aromatic heterocycles. The van der Waals surface area contributed by atoms with Crippen LogP contribution in [0.5, 0.6) is 0 Å². The maximum absolute atomic E-state index is 6.95. The lowest BCUT2D eigenvalue weighted by Gasteiger charge is -2.22. The van der Waals surface area contributed by atoms with Gasteiger partial charge in [0.2, 0.25) is 0 Å². The third-order valence-corrected chi connectivity index (χ3v) is 9.69. The molecular weight excluding hydrogens is 641 g/mol. The number of nitrogens with one attached hydrogen (secondary N) is 1. The van der Waals surface area contributed by atoms with Gasteiger partial charge in [0.05, 0.1) is 16.4 Å². The van der Waals surface area contributed by atoms with Gasteiger partial charge in [0.25, 0.3) is 0 Å².